The zero-order valence-corrected chi connectivity index (χ0v) is 23.3. The highest BCUT2D eigenvalue weighted by Crippen LogP contribution is 2.36. The molecule has 1 N–H and O–H groups in total. The maximum absolute atomic E-state index is 13.3. The number of rotatable bonds is 8. The molecule has 1 saturated heterocycles. The van der Waals surface area contributed by atoms with Crippen molar-refractivity contribution in [1.82, 2.24) is 19.5 Å². The summed E-state index contributed by atoms with van der Waals surface area (Å²) in [4.78, 5) is 50.8. The Bertz CT molecular complexity index is 1810. The van der Waals surface area contributed by atoms with E-state index < -0.39 is 42.4 Å². The van der Waals surface area contributed by atoms with E-state index in [0.717, 1.165) is 0 Å². The first-order valence-electron chi connectivity index (χ1n) is 13.3. The van der Waals surface area contributed by atoms with Crippen molar-refractivity contribution in [1.29, 1.82) is 0 Å². The summed E-state index contributed by atoms with van der Waals surface area (Å²) >= 11 is 5.32. The van der Waals surface area contributed by atoms with Gasteiger partial charge in [0.1, 0.15) is 23.9 Å². The van der Waals surface area contributed by atoms with Crippen LogP contribution >= 0.6 is 12.2 Å². The lowest BCUT2D eigenvalue weighted by atomic mass is 10.1. The number of imidazole rings is 1. The third-order valence-corrected chi connectivity index (χ3v) is 7.13. The van der Waals surface area contributed by atoms with E-state index in [-0.39, 0.29) is 22.4 Å². The zero-order valence-electron chi connectivity index (χ0n) is 22.4. The lowest BCUT2D eigenvalue weighted by Crippen LogP contribution is -2.41. The van der Waals surface area contributed by atoms with Crippen LogP contribution in [0.4, 0.5) is 0 Å². The van der Waals surface area contributed by atoms with Crippen molar-refractivity contribution >= 4 is 41.3 Å². The second-order valence-electron chi connectivity index (χ2n) is 9.56. The van der Waals surface area contributed by atoms with Gasteiger partial charge in [-0.15, -0.1) is 0 Å². The number of hydrogen-bond acceptors (Lipinski definition) is 10. The maximum Gasteiger partial charge on any atom is 0.338 e. The monoisotopic (exact) mass is 596 g/mol. The average molecular weight is 597 g/mol. The molecule has 0 bridgehead atoms. The third-order valence-electron chi connectivity index (χ3n) is 6.83. The van der Waals surface area contributed by atoms with Gasteiger partial charge in [-0.2, -0.15) is 0 Å². The van der Waals surface area contributed by atoms with Crippen molar-refractivity contribution in [2.75, 3.05) is 6.61 Å². The molecule has 1 aliphatic heterocycles. The molecule has 1 fully saturated rings. The number of ether oxygens (including phenoxy) is 4. The lowest BCUT2D eigenvalue weighted by molar-refractivity contribution is -0.0606. The highest BCUT2D eigenvalue weighted by atomic mass is 32.1. The van der Waals surface area contributed by atoms with Gasteiger partial charge in [-0.1, -0.05) is 66.8 Å². The second-order valence-corrected chi connectivity index (χ2v) is 9.94. The Morgan fingerprint density at radius 3 is 1.88 bits per heavy atom. The number of aromatic nitrogens is 4. The molecule has 11 nitrogen and oxygen atoms in total. The van der Waals surface area contributed by atoms with Gasteiger partial charge in [0.15, 0.2) is 23.1 Å². The van der Waals surface area contributed by atoms with Crippen LogP contribution in [0.2, 0.25) is 0 Å². The zero-order chi connectivity index (χ0) is 29.8. The fourth-order valence-corrected chi connectivity index (χ4v) is 4.95. The van der Waals surface area contributed by atoms with Crippen molar-refractivity contribution in [2.45, 2.75) is 24.5 Å². The van der Waals surface area contributed by atoms with Gasteiger partial charge in [0.2, 0.25) is 0 Å². The van der Waals surface area contributed by atoms with Crippen LogP contribution in [0.1, 0.15) is 37.3 Å². The van der Waals surface area contributed by atoms with E-state index in [1.54, 1.807) is 95.6 Å². The van der Waals surface area contributed by atoms with E-state index in [9.17, 15) is 14.4 Å². The maximum atomic E-state index is 13.3. The number of H-pyrrole nitrogens is 1. The van der Waals surface area contributed by atoms with Crippen molar-refractivity contribution in [3.63, 3.8) is 0 Å². The molecule has 0 aliphatic carbocycles. The topological polar surface area (TPSA) is 135 Å². The molecule has 4 atom stereocenters. The first-order chi connectivity index (χ1) is 21.0. The minimum absolute atomic E-state index is 0.253. The minimum Gasteiger partial charge on any atom is -0.459 e. The lowest BCUT2D eigenvalue weighted by Gasteiger charge is -2.25. The smallest absolute Gasteiger partial charge is 0.338 e. The van der Waals surface area contributed by atoms with Crippen molar-refractivity contribution < 1.29 is 33.3 Å². The molecule has 216 valence electrons. The normalized spacial score (nSPS) is 19.5. The predicted molar refractivity (Wildman–Crippen MR) is 155 cm³/mol. The van der Waals surface area contributed by atoms with Gasteiger partial charge < -0.3 is 23.9 Å². The molecule has 0 spiro atoms. The van der Waals surface area contributed by atoms with E-state index in [1.165, 1.54) is 12.7 Å². The third kappa shape index (κ3) is 5.92. The van der Waals surface area contributed by atoms with Crippen LogP contribution in [0.15, 0.2) is 104 Å². The van der Waals surface area contributed by atoms with Gasteiger partial charge in [0, 0.05) is 0 Å². The molecule has 3 heterocycles. The molecule has 43 heavy (non-hydrogen) atoms. The largest absolute Gasteiger partial charge is 0.459 e. The average Bonchev–Trinajstić information content (AvgIpc) is 3.63. The Morgan fingerprint density at radius 1 is 0.767 bits per heavy atom. The molecule has 0 amide bonds. The van der Waals surface area contributed by atoms with Crippen molar-refractivity contribution in [2.24, 2.45) is 0 Å². The number of benzene rings is 3. The van der Waals surface area contributed by atoms with Crippen LogP contribution in [0, 0.1) is 4.64 Å². The molecule has 5 aromatic rings. The molecular weight excluding hydrogens is 572 g/mol. The summed E-state index contributed by atoms with van der Waals surface area (Å²) in [5, 5.41) is 0. The summed E-state index contributed by atoms with van der Waals surface area (Å²) in [6.07, 6.45) is -1.58. The van der Waals surface area contributed by atoms with Crippen LogP contribution in [0.5, 0.6) is 0 Å². The fraction of sp³-hybridized carbons (Fsp3) is 0.161. The van der Waals surface area contributed by atoms with Crippen LogP contribution in [0.25, 0.3) is 11.2 Å². The molecule has 6 rings (SSSR count). The number of hydrogen-bond donors (Lipinski definition) is 1. The molecule has 12 heteroatoms. The number of aromatic amines is 1. The van der Waals surface area contributed by atoms with Gasteiger partial charge in [0.25, 0.3) is 0 Å². The Hall–Kier alpha value is -5.20. The Kier molecular flexibility index (Phi) is 8.03. The van der Waals surface area contributed by atoms with Crippen LogP contribution in [0.3, 0.4) is 0 Å². The summed E-state index contributed by atoms with van der Waals surface area (Å²) in [7, 11) is 0. The molecule has 1 aliphatic rings. The van der Waals surface area contributed by atoms with Gasteiger partial charge in [-0.3, -0.25) is 4.57 Å². The molecule has 0 radical (unpaired) electrons. The van der Waals surface area contributed by atoms with E-state index in [1.807, 2.05) is 0 Å². The molecule has 0 saturated carbocycles. The summed E-state index contributed by atoms with van der Waals surface area (Å²) in [6, 6.07) is 25.2. The number of esters is 3. The van der Waals surface area contributed by atoms with Crippen molar-refractivity contribution in [3.8, 4) is 0 Å². The van der Waals surface area contributed by atoms with Crippen LogP contribution in [-0.4, -0.2) is 62.3 Å². The van der Waals surface area contributed by atoms with Gasteiger partial charge in [-0.25, -0.2) is 24.4 Å². The molecule has 0 unspecified atom stereocenters. The van der Waals surface area contributed by atoms with Gasteiger partial charge in [0.05, 0.1) is 29.3 Å². The van der Waals surface area contributed by atoms with Crippen molar-refractivity contribution in [3.05, 3.63) is 125 Å². The number of carbonyl (C=O) groups excluding carboxylic acids is 3. The van der Waals surface area contributed by atoms with Crippen LogP contribution in [-0.2, 0) is 18.9 Å². The van der Waals surface area contributed by atoms with Crippen LogP contribution < -0.4 is 0 Å². The quantitative estimate of drug-likeness (QED) is 0.153. The summed E-state index contributed by atoms with van der Waals surface area (Å²) < 4.78 is 25.7. The summed E-state index contributed by atoms with van der Waals surface area (Å²) in [6.45, 7) is -0.305. The SMILES string of the molecule is O=C(OC[C@@H]1O[C@@H](n2cnc3c(=S)nc[nH]c32)[C@@H](OC(=O)c2ccccc2)[C@H]1OC(=O)c1ccccc1)c1ccccc1. The van der Waals surface area contributed by atoms with E-state index in [0.29, 0.717) is 16.7 Å². The van der Waals surface area contributed by atoms with Gasteiger partial charge >= 0.3 is 17.9 Å². The Morgan fingerprint density at radius 2 is 1.30 bits per heavy atom. The minimum atomic E-state index is -1.19. The second kappa shape index (κ2) is 12.3. The Balaban J connectivity index is 1.37. The Labute approximate surface area is 250 Å². The number of fused-ring (bicyclic) bond motifs is 1. The highest BCUT2D eigenvalue weighted by Gasteiger charge is 2.51. The van der Waals surface area contributed by atoms with E-state index in [4.69, 9.17) is 31.2 Å². The van der Waals surface area contributed by atoms with E-state index >= 15 is 0 Å². The summed E-state index contributed by atoms with van der Waals surface area (Å²) in [5.74, 6) is -1.93. The molecule has 2 aromatic heterocycles. The highest BCUT2D eigenvalue weighted by molar-refractivity contribution is 7.71. The number of carbonyl (C=O) groups is 3. The molecule has 3 aromatic carbocycles. The van der Waals surface area contributed by atoms with E-state index in [2.05, 4.69) is 15.0 Å². The fourth-order valence-electron chi connectivity index (χ4n) is 4.75. The standard InChI is InChI=1S/C31H24N4O7S/c36-29(19-10-4-1-5-11-19)39-16-22-24(41-30(37)20-12-6-2-7-13-20)25(42-31(38)21-14-8-3-9-15-21)28(40-22)35-18-34-23-26(35)32-17-33-27(23)43/h1-15,17-18,22,24-25,28H,16H2,(H,32,33,43)/t22-,24-,25-,28+/m0/s1. The molecular formula is C31H24N4O7S. The summed E-state index contributed by atoms with van der Waals surface area (Å²) in [5.41, 5.74) is 1.74. The first kappa shape index (κ1) is 27.9. The number of nitrogens with zero attached hydrogens (tertiary/aromatic N) is 3. The van der Waals surface area contributed by atoms with Gasteiger partial charge in [-0.05, 0) is 36.4 Å². The predicted octanol–water partition coefficient (Wildman–Crippen LogP) is 4.69. The first-order valence-corrected chi connectivity index (χ1v) is 13.7. The number of nitrogens with one attached hydrogen (secondary N) is 1.